The van der Waals surface area contributed by atoms with Crippen LogP contribution in [0, 0.1) is 0 Å². The van der Waals surface area contributed by atoms with E-state index in [1.54, 1.807) is 0 Å². The van der Waals surface area contributed by atoms with E-state index in [0.717, 1.165) is 18.0 Å². The van der Waals surface area contributed by atoms with Gasteiger partial charge >= 0.3 is 6.18 Å². The molecule has 19 heavy (non-hydrogen) atoms. The molecular weight excluding hydrogens is 323 g/mol. The monoisotopic (exact) mass is 333 g/mol. The summed E-state index contributed by atoms with van der Waals surface area (Å²) in [7, 11) is 0. The number of rotatable bonds is 3. The van der Waals surface area contributed by atoms with Crippen LogP contribution in [0.2, 0.25) is 0 Å². The Balaban J connectivity index is 2.40. The van der Waals surface area contributed by atoms with Crippen LogP contribution in [0.3, 0.4) is 0 Å². The molecule has 1 aromatic heterocycles. The van der Waals surface area contributed by atoms with Crippen molar-refractivity contribution in [3.8, 4) is 11.4 Å². The van der Waals surface area contributed by atoms with E-state index in [4.69, 9.17) is 0 Å². The summed E-state index contributed by atoms with van der Waals surface area (Å²) in [6.45, 7) is 2.59. The number of hydrogen-bond donors (Lipinski definition) is 0. The maximum atomic E-state index is 12.5. The van der Waals surface area contributed by atoms with Gasteiger partial charge in [0.2, 0.25) is 0 Å². The van der Waals surface area contributed by atoms with Crippen molar-refractivity contribution in [3.05, 3.63) is 35.7 Å². The first-order valence-electron chi connectivity index (χ1n) is 5.63. The van der Waals surface area contributed by atoms with Crippen LogP contribution < -0.4 is 0 Å². The van der Waals surface area contributed by atoms with Gasteiger partial charge in [-0.3, -0.25) is 0 Å². The van der Waals surface area contributed by atoms with Gasteiger partial charge < -0.3 is 4.57 Å². The van der Waals surface area contributed by atoms with Gasteiger partial charge in [-0.15, -0.1) is 10.2 Å². The molecule has 0 radical (unpaired) electrons. The predicted molar refractivity (Wildman–Crippen MR) is 68.8 cm³/mol. The van der Waals surface area contributed by atoms with Crippen molar-refractivity contribution < 1.29 is 13.2 Å². The highest BCUT2D eigenvalue weighted by Crippen LogP contribution is 2.30. The van der Waals surface area contributed by atoms with Crippen molar-refractivity contribution in [2.75, 3.05) is 0 Å². The molecule has 0 spiro atoms. The smallest absolute Gasteiger partial charge is 0.311 e. The average molecular weight is 334 g/mol. The van der Waals surface area contributed by atoms with Crippen molar-refractivity contribution in [2.45, 2.75) is 25.0 Å². The minimum absolute atomic E-state index is 0.550. The lowest BCUT2D eigenvalue weighted by molar-refractivity contribution is -0.137. The zero-order valence-electron chi connectivity index (χ0n) is 10.1. The molecule has 102 valence electrons. The fraction of sp³-hybridized carbons (Fsp3) is 0.333. The van der Waals surface area contributed by atoms with Crippen molar-refractivity contribution in [3.63, 3.8) is 0 Å². The molecular formula is C12H11BrF3N3. The molecule has 0 fully saturated rings. The Morgan fingerprint density at radius 1 is 1.16 bits per heavy atom. The highest BCUT2D eigenvalue weighted by Gasteiger charge is 2.30. The molecule has 0 N–H and O–H groups in total. The van der Waals surface area contributed by atoms with E-state index in [1.165, 1.54) is 12.1 Å². The van der Waals surface area contributed by atoms with Crippen molar-refractivity contribution in [2.24, 2.45) is 0 Å². The Labute approximate surface area is 116 Å². The van der Waals surface area contributed by atoms with Gasteiger partial charge in [-0.2, -0.15) is 13.2 Å². The summed E-state index contributed by atoms with van der Waals surface area (Å²) in [5.41, 5.74) is -0.0471. The van der Waals surface area contributed by atoms with E-state index < -0.39 is 11.7 Å². The SMILES string of the molecule is CCn1c(CBr)nnc1-c1ccc(C(F)(F)F)cc1. The summed E-state index contributed by atoms with van der Waals surface area (Å²) >= 11 is 3.30. The number of nitrogens with zero attached hydrogens (tertiary/aromatic N) is 3. The molecule has 2 aromatic rings. The molecule has 0 atom stereocenters. The normalized spacial score (nSPS) is 11.8. The van der Waals surface area contributed by atoms with Crippen LogP contribution in [0.15, 0.2) is 24.3 Å². The molecule has 3 nitrogen and oxygen atoms in total. The lowest BCUT2D eigenvalue weighted by Gasteiger charge is -2.08. The summed E-state index contributed by atoms with van der Waals surface area (Å²) < 4.78 is 39.3. The third kappa shape index (κ3) is 2.80. The van der Waals surface area contributed by atoms with Crippen LogP contribution in [0.1, 0.15) is 18.3 Å². The molecule has 0 saturated heterocycles. The fourth-order valence-electron chi connectivity index (χ4n) is 1.79. The van der Waals surface area contributed by atoms with Crippen molar-refractivity contribution in [1.29, 1.82) is 0 Å². The van der Waals surface area contributed by atoms with Gasteiger partial charge in [0.25, 0.3) is 0 Å². The zero-order valence-corrected chi connectivity index (χ0v) is 11.7. The molecule has 0 bridgehead atoms. The van der Waals surface area contributed by atoms with E-state index >= 15 is 0 Å². The Hall–Kier alpha value is -1.37. The summed E-state index contributed by atoms with van der Waals surface area (Å²) in [5.74, 6) is 1.32. The molecule has 0 aliphatic heterocycles. The van der Waals surface area contributed by atoms with Crippen LogP contribution in [-0.2, 0) is 18.1 Å². The lowest BCUT2D eigenvalue weighted by Crippen LogP contribution is -2.05. The van der Waals surface area contributed by atoms with Gasteiger partial charge in [-0.1, -0.05) is 28.1 Å². The Bertz CT molecular complexity index is 561. The summed E-state index contributed by atoms with van der Waals surface area (Å²) in [6.07, 6.45) is -4.32. The predicted octanol–water partition coefficient (Wildman–Crippen LogP) is 3.88. The first-order chi connectivity index (χ1) is 8.97. The van der Waals surface area contributed by atoms with Crippen LogP contribution in [0.25, 0.3) is 11.4 Å². The number of aromatic nitrogens is 3. The molecule has 0 unspecified atom stereocenters. The first-order valence-corrected chi connectivity index (χ1v) is 6.75. The largest absolute Gasteiger partial charge is 0.416 e. The van der Waals surface area contributed by atoms with Gasteiger partial charge in [-0.25, -0.2) is 0 Å². The van der Waals surface area contributed by atoms with Gasteiger partial charge in [0.05, 0.1) is 10.9 Å². The van der Waals surface area contributed by atoms with E-state index in [2.05, 4.69) is 26.1 Å². The van der Waals surface area contributed by atoms with Crippen LogP contribution in [0.4, 0.5) is 13.2 Å². The molecule has 1 aromatic carbocycles. The third-order valence-corrected chi connectivity index (χ3v) is 3.24. The lowest BCUT2D eigenvalue weighted by atomic mass is 10.1. The number of halogens is 4. The number of alkyl halides is 4. The zero-order chi connectivity index (χ0) is 14.0. The van der Waals surface area contributed by atoms with Crippen LogP contribution >= 0.6 is 15.9 Å². The standard InChI is InChI=1S/C12H11BrF3N3/c1-2-19-10(7-13)17-18-11(19)8-3-5-9(6-4-8)12(14,15)16/h3-6H,2,7H2,1H3. The summed E-state index contributed by atoms with van der Waals surface area (Å²) in [6, 6.07) is 4.93. The minimum atomic E-state index is -4.32. The van der Waals surface area contributed by atoms with Crippen molar-refractivity contribution in [1.82, 2.24) is 14.8 Å². The van der Waals surface area contributed by atoms with E-state index in [1.807, 2.05) is 11.5 Å². The topological polar surface area (TPSA) is 30.7 Å². The molecule has 0 amide bonds. The number of benzene rings is 1. The van der Waals surface area contributed by atoms with Crippen LogP contribution in [0.5, 0.6) is 0 Å². The number of hydrogen-bond acceptors (Lipinski definition) is 2. The second kappa shape index (κ2) is 5.32. The fourth-order valence-corrected chi connectivity index (χ4v) is 2.20. The van der Waals surface area contributed by atoms with Gasteiger partial charge in [0.1, 0.15) is 5.82 Å². The van der Waals surface area contributed by atoms with Crippen molar-refractivity contribution >= 4 is 15.9 Å². The highest BCUT2D eigenvalue weighted by atomic mass is 79.9. The Kier molecular flexibility index (Phi) is 3.93. The second-order valence-corrected chi connectivity index (χ2v) is 4.45. The maximum absolute atomic E-state index is 12.5. The van der Waals surface area contributed by atoms with E-state index in [0.29, 0.717) is 23.3 Å². The Morgan fingerprint density at radius 3 is 2.26 bits per heavy atom. The quantitative estimate of drug-likeness (QED) is 0.798. The molecule has 2 rings (SSSR count). The average Bonchev–Trinajstić information content (AvgIpc) is 2.80. The highest BCUT2D eigenvalue weighted by molar-refractivity contribution is 9.08. The maximum Gasteiger partial charge on any atom is 0.416 e. The van der Waals surface area contributed by atoms with E-state index in [9.17, 15) is 13.2 Å². The minimum Gasteiger partial charge on any atom is -0.311 e. The van der Waals surface area contributed by atoms with Gasteiger partial charge in [0.15, 0.2) is 5.82 Å². The Morgan fingerprint density at radius 2 is 1.79 bits per heavy atom. The molecule has 0 aliphatic rings. The van der Waals surface area contributed by atoms with Gasteiger partial charge in [-0.05, 0) is 19.1 Å². The first kappa shape index (κ1) is 14.0. The molecule has 0 saturated carbocycles. The summed E-state index contributed by atoms with van der Waals surface area (Å²) in [4.78, 5) is 0. The third-order valence-electron chi connectivity index (χ3n) is 2.73. The molecule has 1 heterocycles. The van der Waals surface area contributed by atoms with Gasteiger partial charge in [0, 0.05) is 12.1 Å². The summed E-state index contributed by atoms with van der Waals surface area (Å²) in [5, 5.41) is 8.57. The molecule has 7 heteroatoms. The van der Waals surface area contributed by atoms with Crippen LogP contribution in [-0.4, -0.2) is 14.8 Å². The van der Waals surface area contributed by atoms with E-state index in [-0.39, 0.29) is 0 Å². The second-order valence-electron chi connectivity index (χ2n) is 3.89. The molecule has 0 aliphatic carbocycles.